The number of carbonyl (C=O) groups is 2. The molecule has 3 rings (SSSR count). The second-order valence-corrected chi connectivity index (χ2v) is 9.81. The van der Waals surface area contributed by atoms with Crippen LogP contribution < -0.4 is 0 Å². The fourth-order valence-corrected chi connectivity index (χ4v) is 4.76. The summed E-state index contributed by atoms with van der Waals surface area (Å²) in [5, 5.41) is 33.8. The van der Waals surface area contributed by atoms with Crippen molar-refractivity contribution in [3.8, 4) is 5.69 Å². The van der Waals surface area contributed by atoms with Crippen molar-refractivity contribution < 1.29 is 29.3 Å². The number of hydrogen-bond donors (Lipinski definition) is 3. The molecule has 0 radical (unpaired) electrons. The third kappa shape index (κ3) is 8.22. The minimum atomic E-state index is -1.20. The Balaban J connectivity index is 0.00000481. The number of benzene rings is 1. The van der Waals surface area contributed by atoms with Gasteiger partial charge in [0.15, 0.2) is 5.69 Å². The van der Waals surface area contributed by atoms with E-state index in [9.17, 15) is 24.2 Å². The number of halogens is 1. The number of carbonyl (C=O) groups excluding carboxylic acids is 1. The molecular weight excluding hydrogens is 488 g/mol. The fraction of sp³-hybridized carbons (Fsp3) is 0.519. The van der Waals surface area contributed by atoms with Gasteiger partial charge in [0, 0.05) is 25.1 Å². The standard InChI is InChI=1S/C27H36FN3O5.Na.H/c1-17(2)25-23(14-13-21(32)15-22(33)16-24(34)35)31(20-11-9-18(28)10-12-20)29-26(25)27(36)30(3)19-7-5-4-6-8-19;;/h9-14,17,19,21-22,32-33H,4-8,15-16H2,1-3H3,(H,34,35);;/b14-13+;;/t21-,22+;;/m0../s1. The van der Waals surface area contributed by atoms with Gasteiger partial charge in [-0.3, -0.25) is 9.59 Å². The summed E-state index contributed by atoms with van der Waals surface area (Å²) in [5.41, 5.74) is 2.12. The first-order valence-corrected chi connectivity index (χ1v) is 12.5. The molecule has 1 aliphatic rings. The van der Waals surface area contributed by atoms with E-state index in [0.717, 1.165) is 25.7 Å². The number of hydrogen-bond acceptors (Lipinski definition) is 5. The predicted molar refractivity (Wildman–Crippen MR) is 142 cm³/mol. The zero-order chi connectivity index (χ0) is 26.4. The minimum absolute atomic E-state index is 0. The molecule has 3 N–H and O–H groups in total. The number of aromatic nitrogens is 2. The van der Waals surface area contributed by atoms with Crippen LogP contribution in [0.25, 0.3) is 11.8 Å². The van der Waals surface area contributed by atoms with E-state index in [1.54, 1.807) is 27.8 Å². The second-order valence-electron chi connectivity index (χ2n) is 9.81. The Hall–Kier alpha value is -2.04. The molecule has 0 saturated heterocycles. The van der Waals surface area contributed by atoms with Gasteiger partial charge in [-0.2, -0.15) is 5.10 Å². The summed E-state index contributed by atoms with van der Waals surface area (Å²) in [7, 11) is 1.81. The molecule has 2 atom stereocenters. The van der Waals surface area contributed by atoms with Crippen molar-refractivity contribution in [2.75, 3.05) is 7.05 Å². The molecule has 0 aliphatic heterocycles. The summed E-state index contributed by atoms with van der Waals surface area (Å²) >= 11 is 0. The molecule has 1 saturated carbocycles. The normalized spacial score (nSPS) is 16.0. The molecule has 0 spiro atoms. The van der Waals surface area contributed by atoms with Crippen LogP contribution in [0.5, 0.6) is 0 Å². The van der Waals surface area contributed by atoms with Crippen LogP contribution in [0.15, 0.2) is 30.3 Å². The molecule has 10 heteroatoms. The summed E-state index contributed by atoms with van der Waals surface area (Å²) in [5.74, 6) is -1.82. The van der Waals surface area contributed by atoms with Crippen LogP contribution in [-0.4, -0.2) is 96.7 Å². The second kappa shape index (κ2) is 14.2. The van der Waals surface area contributed by atoms with Crippen LogP contribution in [-0.2, 0) is 4.79 Å². The van der Waals surface area contributed by atoms with Gasteiger partial charge in [-0.25, -0.2) is 9.07 Å². The van der Waals surface area contributed by atoms with Crippen molar-refractivity contribution in [3.63, 3.8) is 0 Å². The molecule has 1 fully saturated rings. The molecule has 1 heterocycles. The Morgan fingerprint density at radius 3 is 2.35 bits per heavy atom. The van der Waals surface area contributed by atoms with Crippen LogP contribution in [0.1, 0.15) is 86.5 Å². The zero-order valence-corrected chi connectivity index (χ0v) is 21.1. The van der Waals surface area contributed by atoms with Gasteiger partial charge in [0.05, 0.1) is 30.0 Å². The Labute approximate surface area is 239 Å². The van der Waals surface area contributed by atoms with Gasteiger partial charge in [0.25, 0.3) is 5.91 Å². The zero-order valence-electron chi connectivity index (χ0n) is 21.1. The van der Waals surface area contributed by atoms with E-state index in [2.05, 4.69) is 5.10 Å². The van der Waals surface area contributed by atoms with Gasteiger partial charge in [-0.15, -0.1) is 0 Å². The number of amides is 1. The molecule has 0 bridgehead atoms. The number of nitrogens with zero attached hydrogens (tertiary/aromatic N) is 3. The molecular formula is C27H37FN3NaO5. The number of rotatable bonds is 10. The van der Waals surface area contributed by atoms with E-state index < -0.39 is 30.4 Å². The molecule has 8 nitrogen and oxygen atoms in total. The van der Waals surface area contributed by atoms with Crippen molar-refractivity contribution in [1.82, 2.24) is 14.7 Å². The molecule has 1 aliphatic carbocycles. The number of aliphatic hydroxyl groups is 2. The number of aliphatic hydroxyl groups excluding tert-OH is 2. The van der Waals surface area contributed by atoms with Crippen molar-refractivity contribution in [3.05, 3.63) is 53.1 Å². The average Bonchev–Trinajstić information content (AvgIpc) is 3.22. The van der Waals surface area contributed by atoms with E-state index in [4.69, 9.17) is 5.11 Å². The Kier molecular flexibility index (Phi) is 12.0. The van der Waals surface area contributed by atoms with Gasteiger partial charge in [0.2, 0.25) is 0 Å². The summed E-state index contributed by atoms with van der Waals surface area (Å²) < 4.78 is 15.2. The maximum atomic E-state index is 13.6. The van der Waals surface area contributed by atoms with E-state index in [1.807, 2.05) is 20.9 Å². The van der Waals surface area contributed by atoms with E-state index in [-0.39, 0.29) is 53.8 Å². The first-order valence-electron chi connectivity index (χ1n) is 12.5. The van der Waals surface area contributed by atoms with Crippen molar-refractivity contribution >= 4 is 47.5 Å². The summed E-state index contributed by atoms with van der Waals surface area (Å²) in [6.45, 7) is 3.90. The first-order chi connectivity index (χ1) is 17.1. The maximum absolute atomic E-state index is 13.6. The van der Waals surface area contributed by atoms with E-state index >= 15 is 0 Å². The average molecular weight is 526 g/mol. The molecule has 0 unspecified atom stereocenters. The van der Waals surface area contributed by atoms with Crippen molar-refractivity contribution in [2.45, 2.75) is 83.0 Å². The van der Waals surface area contributed by atoms with Crippen LogP contribution in [0, 0.1) is 5.82 Å². The monoisotopic (exact) mass is 525 g/mol. The van der Waals surface area contributed by atoms with Crippen LogP contribution in [0.3, 0.4) is 0 Å². The van der Waals surface area contributed by atoms with Gasteiger partial charge in [0.1, 0.15) is 5.82 Å². The number of aliphatic carboxylic acids is 1. The topological polar surface area (TPSA) is 116 Å². The van der Waals surface area contributed by atoms with Gasteiger partial charge >= 0.3 is 35.5 Å². The summed E-state index contributed by atoms with van der Waals surface area (Å²) in [4.78, 5) is 26.2. The van der Waals surface area contributed by atoms with E-state index in [0.29, 0.717) is 22.6 Å². The fourth-order valence-electron chi connectivity index (χ4n) is 4.76. The van der Waals surface area contributed by atoms with Crippen LogP contribution in [0.2, 0.25) is 0 Å². The Morgan fingerprint density at radius 2 is 1.78 bits per heavy atom. The van der Waals surface area contributed by atoms with Gasteiger partial charge in [-0.05, 0) is 49.1 Å². The third-order valence-corrected chi connectivity index (χ3v) is 6.65. The quantitative estimate of drug-likeness (QED) is 0.409. The summed E-state index contributed by atoms with van der Waals surface area (Å²) in [6.07, 6.45) is 5.40. The molecule has 2 aromatic rings. The third-order valence-electron chi connectivity index (χ3n) is 6.65. The van der Waals surface area contributed by atoms with Crippen molar-refractivity contribution in [1.29, 1.82) is 0 Å². The van der Waals surface area contributed by atoms with Crippen molar-refractivity contribution in [2.24, 2.45) is 0 Å². The van der Waals surface area contributed by atoms with Crippen LogP contribution >= 0.6 is 0 Å². The SMILES string of the molecule is CC(C)c1c(C(=O)N(C)C2CCCCC2)nn(-c2ccc(F)cc2)c1/C=C/[C@H](O)C[C@@H](O)CC(=O)O.[NaH]. The molecule has 37 heavy (non-hydrogen) atoms. The summed E-state index contributed by atoms with van der Waals surface area (Å²) in [6, 6.07) is 5.91. The Bertz CT molecular complexity index is 1080. The van der Waals surface area contributed by atoms with E-state index in [1.165, 1.54) is 24.6 Å². The number of carboxylic acids is 1. The van der Waals surface area contributed by atoms with Gasteiger partial charge in [-0.1, -0.05) is 39.2 Å². The first kappa shape index (κ1) is 31.2. The predicted octanol–water partition coefficient (Wildman–Crippen LogP) is 3.49. The molecule has 198 valence electrons. The molecule has 1 amide bonds. The Morgan fingerprint density at radius 1 is 1.16 bits per heavy atom. The molecule has 1 aromatic heterocycles. The van der Waals surface area contributed by atoms with Gasteiger partial charge < -0.3 is 20.2 Å². The number of carboxylic acid groups (broad SMARTS) is 1. The molecule has 1 aromatic carbocycles. The van der Waals surface area contributed by atoms with Crippen LogP contribution in [0.4, 0.5) is 4.39 Å².